The molecule has 1 saturated carbocycles. The highest BCUT2D eigenvalue weighted by molar-refractivity contribution is 5.97. The van der Waals surface area contributed by atoms with Gasteiger partial charge in [0.05, 0.1) is 11.2 Å². The summed E-state index contributed by atoms with van der Waals surface area (Å²) >= 11 is 0. The number of hydrogen-bond donors (Lipinski definition) is 3. The van der Waals surface area contributed by atoms with Crippen LogP contribution in [0.4, 0.5) is 19.0 Å². The van der Waals surface area contributed by atoms with Gasteiger partial charge in [-0.1, -0.05) is 0 Å². The molecular weight excluding hydrogens is 275 g/mol. The van der Waals surface area contributed by atoms with Crippen molar-refractivity contribution in [3.05, 3.63) is 23.4 Å². The summed E-state index contributed by atoms with van der Waals surface area (Å²) in [6.07, 6.45) is -2.63. The molecule has 0 spiro atoms. The molecule has 0 atom stereocenters. The number of alkyl halides is 3. The molecule has 20 heavy (non-hydrogen) atoms. The number of aliphatic hydroxyl groups is 1. The van der Waals surface area contributed by atoms with Crippen molar-refractivity contribution in [2.75, 3.05) is 11.9 Å². The molecule has 1 aromatic heterocycles. The lowest BCUT2D eigenvalue weighted by Gasteiger charge is -2.36. The summed E-state index contributed by atoms with van der Waals surface area (Å²) in [5, 5.41) is 12.5. The molecule has 2 rings (SSSR count). The number of nitrogens with two attached hydrogens (primary N) is 1. The van der Waals surface area contributed by atoms with Crippen molar-refractivity contribution in [1.29, 1.82) is 0 Å². The predicted molar refractivity (Wildman–Crippen MR) is 65.0 cm³/mol. The zero-order valence-corrected chi connectivity index (χ0v) is 10.5. The van der Waals surface area contributed by atoms with Gasteiger partial charge in [-0.3, -0.25) is 4.79 Å². The highest BCUT2D eigenvalue weighted by Crippen LogP contribution is 2.33. The summed E-state index contributed by atoms with van der Waals surface area (Å²) in [7, 11) is 0. The van der Waals surface area contributed by atoms with E-state index in [9.17, 15) is 23.1 Å². The maximum Gasteiger partial charge on any atom is 0.433 e. The number of halogens is 3. The molecule has 4 N–H and O–H groups in total. The quantitative estimate of drug-likeness (QED) is 0.784. The Balaban J connectivity index is 2.25. The minimum atomic E-state index is -4.61. The van der Waals surface area contributed by atoms with E-state index < -0.39 is 23.4 Å². The van der Waals surface area contributed by atoms with Crippen LogP contribution in [0.25, 0.3) is 0 Å². The summed E-state index contributed by atoms with van der Waals surface area (Å²) in [5.74, 6) is -1.14. The van der Waals surface area contributed by atoms with Gasteiger partial charge in [0, 0.05) is 6.54 Å². The van der Waals surface area contributed by atoms with Gasteiger partial charge >= 0.3 is 6.18 Å². The van der Waals surface area contributed by atoms with Crippen LogP contribution in [-0.2, 0) is 6.18 Å². The Morgan fingerprint density at radius 1 is 1.45 bits per heavy atom. The van der Waals surface area contributed by atoms with Crippen LogP contribution in [0.5, 0.6) is 0 Å². The second-order valence-corrected chi connectivity index (χ2v) is 4.89. The molecule has 5 nitrogen and oxygen atoms in total. The van der Waals surface area contributed by atoms with Crippen LogP contribution in [-0.4, -0.2) is 28.1 Å². The standard InChI is InChI=1S/C12H14F3N3O2/c13-12(14,15)8-3-2-7(9(16)19)10(18-8)17-6-11(20)4-1-5-11/h2-3,20H,1,4-6H2,(H2,16,19)(H,17,18). The van der Waals surface area contributed by atoms with Crippen molar-refractivity contribution in [2.45, 2.75) is 31.0 Å². The van der Waals surface area contributed by atoms with Gasteiger partial charge < -0.3 is 16.2 Å². The minimum Gasteiger partial charge on any atom is -0.388 e. The number of primary amides is 1. The van der Waals surface area contributed by atoms with Gasteiger partial charge in [0.1, 0.15) is 11.5 Å². The van der Waals surface area contributed by atoms with E-state index in [4.69, 9.17) is 5.73 Å². The lowest BCUT2D eigenvalue weighted by Crippen LogP contribution is -2.43. The largest absolute Gasteiger partial charge is 0.433 e. The van der Waals surface area contributed by atoms with Crippen molar-refractivity contribution < 1.29 is 23.1 Å². The van der Waals surface area contributed by atoms with Crippen LogP contribution in [0.15, 0.2) is 12.1 Å². The van der Waals surface area contributed by atoms with Gasteiger partial charge in [0.2, 0.25) is 0 Å². The fourth-order valence-electron chi connectivity index (χ4n) is 1.96. The zero-order chi connectivity index (χ0) is 15.0. The number of anilines is 1. The first-order chi connectivity index (χ1) is 9.21. The molecule has 8 heteroatoms. The normalized spacial score (nSPS) is 17.4. The molecule has 1 amide bonds. The number of pyridine rings is 1. The van der Waals surface area contributed by atoms with Gasteiger partial charge in [-0.15, -0.1) is 0 Å². The van der Waals surface area contributed by atoms with Crippen molar-refractivity contribution in [1.82, 2.24) is 4.98 Å². The maximum absolute atomic E-state index is 12.6. The van der Waals surface area contributed by atoms with E-state index in [0.29, 0.717) is 18.9 Å². The first kappa shape index (κ1) is 14.6. The van der Waals surface area contributed by atoms with Crippen LogP contribution in [0, 0.1) is 0 Å². The first-order valence-corrected chi connectivity index (χ1v) is 6.06. The fraction of sp³-hybridized carbons (Fsp3) is 0.500. The zero-order valence-electron chi connectivity index (χ0n) is 10.5. The summed E-state index contributed by atoms with van der Waals surface area (Å²) in [5.41, 5.74) is 2.89. The number of hydrogen-bond acceptors (Lipinski definition) is 4. The number of amides is 1. The van der Waals surface area contributed by atoms with E-state index in [1.807, 2.05) is 0 Å². The molecule has 110 valence electrons. The van der Waals surface area contributed by atoms with Gasteiger partial charge in [-0.2, -0.15) is 13.2 Å². The van der Waals surface area contributed by atoms with Gasteiger partial charge in [0.25, 0.3) is 5.91 Å². The number of carbonyl (C=O) groups is 1. The summed E-state index contributed by atoms with van der Waals surface area (Å²) in [4.78, 5) is 14.6. The Bertz CT molecular complexity index is 527. The third-order valence-corrected chi connectivity index (χ3v) is 3.32. The molecule has 0 aliphatic heterocycles. The summed E-state index contributed by atoms with van der Waals surface area (Å²) in [6, 6.07) is 1.68. The van der Waals surface area contributed by atoms with E-state index in [0.717, 1.165) is 12.5 Å². The van der Waals surface area contributed by atoms with E-state index in [1.54, 1.807) is 0 Å². The number of nitrogens with one attached hydrogen (secondary N) is 1. The molecule has 1 heterocycles. The molecule has 0 radical (unpaired) electrons. The number of nitrogens with zero attached hydrogens (tertiary/aromatic N) is 1. The number of rotatable bonds is 4. The van der Waals surface area contributed by atoms with Crippen LogP contribution >= 0.6 is 0 Å². The average molecular weight is 289 g/mol. The minimum absolute atomic E-state index is 0.0294. The Labute approximate surface area is 113 Å². The lowest BCUT2D eigenvalue weighted by atomic mass is 9.80. The van der Waals surface area contributed by atoms with Crippen molar-refractivity contribution in [3.8, 4) is 0 Å². The van der Waals surface area contributed by atoms with Crippen LogP contribution < -0.4 is 11.1 Å². The number of carbonyl (C=O) groups excluding carboxylic acids is 1. The Hall–Kier alpha value is -1.83. The van der Waals surface area contributed by atoms with E-state index in [1.165, 1.54) is 0 Å². The van der Waals surface area contributed by atoms with Crippen LogP contribution in [0.2, 0.25) is 0 Å². The molecule has 1 aliphatic carbocycles. The first-order valence-electron chi connectivity index (χ1n) is 6.06. The molecule has 0 bridgehead atoms. The van der Waals surface area contributed by atoms with Crippen molar-refractivity contribution >= 4 is 11.7 Å². The highest BCUT2D eigenvalue weighted by atomic mass is 19.4. The number of aromatic nitrogens is 1. The van der Waals surface area contributed by atoms with Crippen LogP contribution in [0.3, 0.4) is 0 Å². The Kier molecular flexibility index (Phi) is 3.59. The molecular formula is C12H14F3N3O2. The van der Waals surface area contributed by atoms with E-state index in [2.05, 4.69) is 10.3 Å². The third kappa shape index (κ3) is 3.01. The van der Waals surface area contributed by atoms with Gasteiger partial charge in [0.15, 0.2) is 0 Å². The van der Waals surface area contributed by atoms with Gasteiger partial charge in [-0.25, -0.2) is 4.98 Å². The monoisotopic (exact) mass is 289 g/mol. The lowest BCUT2D eigenvalue weighted by molar-refractivity contribution is -0.141. The molecule has 1 aliphatic rings. The molecule has 0 aromatic carbocycles. The van der Waals surface area contributed by atoms with E-state index >= 15 is 0 Å². The third-order valence-electron chi connectivity index (χ3n) is 3.32. The van der Waals surface area contributed by atoms with Crippen LogP contribution in [0.1, 0.15) is 35.3 Å². The molecule has 1 aromatic rings. The fourth-order valence-corrected chi connectivity index (χ4v) is 1.96. The molecule has 0 saturated heterocycles. The Morgan fingerprint density at radius 2 is 2.10 bits per heavy atom. The average Bonchev–Trinajstić information content (AvgIpc) is 2.32. The summed E-state index contributed by atoms with van der Waals surface area (Å²) < 4.78 is 37.8. The highest BCUT2D eigenvalue weighted by Gasteiger charge is 2.36. The summed E-state index contributed by atoms with van der Waals surface area (Å²) in [6.45, 7) is 0.0294. The van der Waals surface area contributed by atoms with Crippen molar-refractivity contribution in [3.63, 3.8) is 0 Å². The van der Waals surface area contributed by atoms with Crippen molar-refractivity contribution in [2.24, 2.45) is 5.73 Å². The van der Waals surface area contributed by atoms with E-state index in [-0.39, 0.29) is 17.9 Å². The second-order valence-electron chi connectivity index (χ2n) is 4.89. The van der Waals surface area contributed by atoms with Gasteiger partial charge in [-0.05, 0) is 31.4 Å². The Morgan fingerprint density at radius 3 is 2.55 bits per heavy atom. The SMILES string of the molecule is NC(=O)c1ccc(C(F)(F)F)nc1NCC1(O)CCC1. The molecule has 1 fully saturated rings. The smallest absolute Gasteiger partial charge is 0.388 e. The molecule has 0 unspecified atom stereocenters. The topological polar surface area (TPSA) is 88.2 Å². The second kappa shape index (κ2) is 4.93. The maximum atomic E-state index is 12.6. The predicted octanol–water partition coefficient (Wildman–Crippen LogP) is 1.53.